The van der Waals surface area contributed by atoms with Crippen LogP contribution in [0.5, 0.6) is 11.5 Å². The van der Waals surface area contributed by atoms with Crippen LogP contribution in [0.15, 0.2) is 42.5 Å². The van der Waals surface area contributed by atoms with Gasteiger partial charge in [-0.2, -0.15) is 0 Å². The van der Waals surface area contributed by atoms with Gasteiger partial charge in [-0.3, -0.25) is 4.79 Å². The lowest BCUT2D eigenvalue weighted by atomic mass is 9.97. The fourth-order valence-electron chi connectivity index (χ4n) is 3.45. The van der Waals surface area contributed by atoms with E-state index in [1.807, 2.05) is 55.1 Å². The second-order valence-electron chi connectivity index (χ2n) is 6.72. The number of hydrogen-bond donors (Lipinski definition) is 1. The van der Waals surface area contributed by atoms with Crippen LogP contribution in [0.4, 0.5) is 0 Å². The topological polar surface area (TPSA) is 64.8 Å². The normalized spacial score (nSPS) is 13.9. The number of fused-ring (bicyclic) bond motifs is 1. The summed E-state index contributed by atoms with van der Waals surface area (Å²) in [7, 11) is 0. The Morgan fingerprint density at radius 2 is 1.68 bits per heavy atom. The number of hydrogen-bond acceptors (Lipinski definition) is 4. The molecular formula is C22H29ClN2O3. The van der Waals surface area contributed by atoms with Gasteiger partial charge in [0.2, 0.25) is 5.91 Å². The highest BCUT2D eigenvalue weighted by molar-refractivity contribution is 5.85. The van der Waals surface area contributed by atoms with E-state index < -0.39 is 0 Å². The summed E-state index contributed by atoms with van der Waals surface area (Å²) in [6.45, 7) is 6.38. The fraction of sp³-hybridized carbons (Fsp3) is 0.409. The van der Waals surface area contributed by atoms with Crippen LogP contribution in [0.1, 0.15) is 43.0 Å². The molecule has 1 aliphatic rings. The Labute approximate surface area is 173 Å². The zero-order valence-corrected chi connectivity index (χ0v) is 17.3. The van der Waals surface area contributed by atoms with Gasteiger partial charge < -0.3 is 20.1 Å². The van der Waals surface area contributed by atoms with Crippen LogP contribution in [0.25, 0.3) is 0 Å². The molecule has 28 heavy (non-hydrogen) atoms. The van der Waals surface area contributed by atoms with E-state index in [0.29, 0.717) is 32.7 Å². The minimum atomic E-state index is -0.278. The number of carbonyl (C=O) groups is 1. The molecule has 0 radical (unpaired) electrons. The third-order valence-electron chi connectivity index (χ3n) is 4.85. The maximum absolute atomic E-state index is 12.8. The van der Waals surface area contributed by atoms with Crippen molar-refractivity contribution in [3.8, 4) is 11.5 Å². The van der Waals surface area contributed by atoms with Gasteiger partial charge in [-0.1, -0.05) is 30.3 Å². The monoisotopic (exact) mass is 404 g/mol. The number of benzene rings is 2. The average Bonchev–Trinajstić information content (AvgIpc) is 2.69. The number of amides is 1. The van der Waals surface area contributed by atoms with E-state index in [-0.39, 0.29) is 24.4 Å². The molecule has 5 nitrogen and oxygen atoms in total. The summed E-state index contributed by atoms with van der Waals surface area (Å²) in [5.74, 6) is 1.61. The van der Waals surface area contributed by atoms with E-state index >= 15 is 0 Å². The quantitative estimate of drug-likeness (QED) is 0.760. The lowest BCUT2D eigenvalue weighted by molar-refractivity contribution is -0.132. The van der Waals surface area contributed by atoms with E-state index in [9.17, 15) is 4.79 Å². The molecule has 2 aromatic rings. The van der Waals surface area contributed by atoms with E-state index in [1.54, 1.807) is 0 Å². The molecule has 1 aliphatic heterocycles. The van der Waals surface area contributed by atoms with Crippen molar-refractivity contribution < 1.29 is 14.3 Å². The van der Waals surface area contributed by atoms with Crippen LogP contribution in [0.3, 0.4) is 0 Å². The van der Waals surface area contributed by atoms with Gasteiger partial charge in [0.25, 0.3) is 0 Å². The van der Waals surface area contributed by atoms with Gasteiger partial charge in [0, 0.05) is 25.6 Å². The van der Waals surface area contributed by atoms with Gasteiger partial charge in [0.15, 0.2) is 11.5 Å². The minimum absolute atomic E-state index is 0. The Hall–Kier alpha value is -2.24. The van der Waals surface area contributed by atoms with Gasteiger partial charge in [-0.05, 0) is 49.1 Å². The zero-order valence-electron chi connectivity index (χ0n) is 16.5. The summed E-state index contributed by atoms with van der Waals surface area (Å²) in [4.78, 5) is 14.7. The van der Waals surface area contributed by atoms with Gasteiger partial charge in [-0.25, -0.2) is 0 Å². The first-order valence-corrected chi connectivity index (χ1v) is 9.62. The number of ether oxygens (including phenoxy) is 2. The first kappa shape index (κ1) is 22.1. The molecule has 2 aromatic carbocycles. The first-order chi connectivity index (χ1) is 13.1. The number of halogens is 1. The Morgan fingerprint density at radius 1 is 1.07 bits per heavy atom. The highest BCUT2D eigenvalue weighted by Crippen LogP contribution is 2.34. The number of carbonyl (C=O) groups excluding carboxylic acids is 1. The van der Waals surface area contributed by atoms with E-state index in [0.717, 1.165) is 29.0 Å². The number of nitrogens with two attached hydrogens (primary N) is 1. The van der Waals surface area contributed by atoms with Crippen molar-refractivity contribution in [3.05, 3.63) is 59.2 Å². The molecule has 0 aliphatic carbocycles. The predicted molar refractivity (Wildman–Crippen MR) is 113 cm³/mol. The maximum Gasteiger partial charge on any atom is 0.224 e. The molecule has 152 valence electrons. The van der Waals surface area contributed by atoms with Crippen molar-refractivity contribution in [2.45, 2.75) is 39.3 Å². The Balaban J connectivity index is 0.00000280. The largest absolute Gasteiger partial charge is 0.490 e. The van der Waals surface area contributed by atoms with Gasteiger partial charge in [0.1, 0.15) is 0 Å². The Kier molecular flexibility index (Phi) is 8.15. The van der Waals surface area contributed by atoms with Crippen molar-refractivity contribution in [1.29, 1.82) is 0 Å². The molecule has 1 atom stereocenters. The van der Waals surface area contributed by atoms with Crippen molar-refractivity contribution in [2.24, 2.45) is 5.73 Å². The molecule has 1 amide bonds. The van der Waals surface area contributed by atoms with E-state index in [4.69, 9.17) is 15.2 Å². The summed E-state index contributed by atoms with van der Waals surface area (Å²) in [5.41, 5.74) is 9.56. The van der Waals surface area contributed by atoms with Crippen molar-refractivity contribution in [1.82, 2.24) is 4.90 Å². The number of nitrogens with zero attached hydrogens (tertiary/aromatic N) is 1. The van der Waals surface area contributed by atoms with Crippen LogP contribution in [0.2, 0.25) is 0 Å². The summed E-state index contributed by atoms with van der Waals surface area (Å²) < 4.78 is 11.4. The van der Waals surface area contributed by atoms with Crippen molar-refractivity contribution in [2.75, 3.05) is 19.8 Å². The molecule has 2 N–H and O–H groups in total. The molecule has 0 saturated heterocycles. The number of rotatable bonds is 7. The van der Waals surface area contributed by atoms with Crippen LogP contribution in [-0.4, -0.2) is 30.6 Å². The van der Waals surface area contributed by atoms with Gasteiger partial charge >= 0.3 is 0 Å². The summed E-state index contributed by atoms with van der Waals surface area (Å²) in [6.07, 6.45) is 1.13. The minimum Gasteiger partial charge on any atom is -0.490 e. The van der Waals surface area contributed by atoms with Crippen molar-refractivity contribution >= 4 is 18.3 Å². The summed E-state index contributed by atoms with van der Waals surface area (Å²) in [5, 5.41) is 0. The zero-order chi connectivity index (χ0) is 19.2. The van der Waals surface area contributed by atoms with E-state index in [2.05, 4.69) is 6.07 Å². The first-order valence-electron chi connectivity index (χ1n) is 9.62. The lowest BCUT2D eigenvalue weighted by Gasteiger charge is -2.30. The second-order valence-corrected chi connectivity index (χ2v) is 6.72. The molecule has 0 saturated carbocycles. The summed E-state index contributed by atoms with van der Waals surface area (Å²) in [6, 6.07) is 13.6. The van der Waals surface area contributed by atoms with Crippen LogP contribution < -0.4 is 15.2 Å². The fourth-order valence-corrected chi connectivity index (χ4v) is 3.45. The predicted octanol–water partition coefficient (Wildman–Crippen LogP) is 3.88. The van der Waals surface area contributed by atoms with Crippen LogP contribution in [0, 0.1) is 0 Å². The smallest absolute Gasteiger partial charge is 0.224 e. The summed E-state index contributed by atoms with van der Waals surface area (Å²) >= 11 is 0. The molecule has 0 bridgehead atoms. The molecule has 0 fully saturated rings. The second kappa shape index (κ2) is 10.3. The molecule has 1 heterocycles. The van der Waals surface area contributed by atoms with Crippen molar-refractivity contribution in [3.63, 3.8) is 0 Å². The molecule has 1 unspecified atom stereocenters. The lowest BCUT2D eigenvalue weighted by Crippen LogP contribution is -2.37. The molecular weight excluding hydrogens is 376 g/mol. The van der Waals surface area contributed by atoms with Crippen LogP contribution >= 0.6 is 12.4 Å². The van der Waals surface area contributed by atoms with E-state index in [1.165, 1.54) is 5.56 Å². The maximum atomic E-state index is 12.8. The SMILES string of the molecule is CCOc1cc2c(cc1OCC)CN(C(=O)CC(N)c1ccccc1)CC2.Cl. The Bertz CT molecular complexity index is 783. The third kappa shape index (κ3) is 5.18. The van der Waals surface area contributed by atoms with Crippen LogP contribution in [-0.2, 0) is 17.8 Å². The Morgan fingerprint density at radius 3 is 2.29 bits per heavy atom. The molecule has 3 rings (SSSR count). The highest BCUT2D eigenvalue weighted by Gasteiger charge is 2.24. The molecule has 0 spiro atoms. The highest BCUT2D eigenvalue weighted by atomic mass is 35.5. The van der Waals surface area contributed by atoms with Gasteiger partial charge in [0.05, 0.1) is 13.2 Å². The standard InChI is InChI=1S/C22H28N2O3.ClH/c1-3-26-20-12-17-10-11-24(15-18(17)13-21(20)27-4-2)22(25)14-19(23)16-8-6-5-7-9-16;/h5-9,12-13,19H,3-4,10-11,14-15,23H2,1-2H3;1H. The third-order valence-corrected chi connectivity index (χ3v) is 4.85. The molecule has 0 aromatic heterocycles. The average molecular weight is 405 g/mol. The molecule has 6 heteroatoms. The van der Waals surface area contributed by atoms with Gasteiger partial charge in [-0.15, -0.1) is 12.4 Å².